The normalized spacial score (nSPS) is 17.4. The van der Waals surface area contributed by atoms with Crippen molar-refractivity contribution in [2.75, 3.05) is 28.4 Å². The van der Waals surface area contributed by atoms with Crippen LogP contribution in [0.25, 0.3) is 0 Å². The maximum absolute atomic E-state index is 12.6. The molecule has 0 amide bonds. The number of allylic oxidation sites excluding steroid dienone is 2. The third-order valence-corrected chi connectivity index (χ3v) is 3.63. The lowest BCUT2D eigenvalue weighted by molar-refractivity contribution is 0.0744. The van der Waals surface area contributed by atoms with Crippen molar-refractivity contribution in [3.63, 3.8) is 0 Å². The molecule has 1 aromatic rings. The fourth-order valence-corrected chi connectivity index (χ4v) is 2.39. The summed E-state index contributed by atoms with van der Waals surface area (Å²) >= 11 is 0. The zero-order chi connectivity index (χ0) is 16.1. The summed E-state index contributed by atoms with van der Waals surface area (Å²) in [7, 11) is 6.29. The number of rotatable bonds is 6. The summed E-state index contributed by atoms with van der Waals surface area (Å²) < 4.78 is 21.0. The van der Waals surface area contributed by atoms with E-state index in [1.165, 1.54) is 0 Å². The molecule has 5 nitrogen and oxygen atoms in total. The lowest BCUT2D eigenvalue weighted by Crippen LogP contribution is -2.21. The van der Waals surface area contributed by atoms with E-state index in [2.05, 4.69) is 0 Å². The van der Waals surface area contributed by atoms with Crippen molar-refractivity contribution >= 4 is 5.78 Å². The van der Waals surface area contributed by atoms with Gasteiger partial charge in [0, 0.05) is 24.7 Å². The first-order chi connectivity index (χ1) is 10.6. The minimum Gasteiger partial charge on any atom is -0.498 e. The van der Waals surface area contributed by atoms with E-state index in [4.69, 9.17) is 18.9 Å². The molecule has 1 unspecified atom stereocenters. The van der Waals surface area contributed by atoms with Gasteiger partial charge in [0.1, 0.15) is 11.9 Å². The molecule has 0 bridgehead atoms. The van der Waals surface area contributed by atoms with Crippen LogP contribution in [0.15, 0.2) is 41.7 Å². The Morgan fingerprint density at radius 2 is 1.73 bits per heavy atom. The van der Waals surface area contributed by atoms with E-state index in [-0.39, 0.29) is 11.9 Å². The van der Waals surface area contributed by atoms with Crippen molar-refractivity contribution in [1.29, 1.82) is 0 Å². The molecule has 0 heterocycles. The second-order valence-electron chi connectivity index (χ2n) is 4.79. The highest BCUT2D eigenvalue weighted by molar-refractivity contribution is 6.09. The van der Waals surface area contributed by atoms with Crippen LogP contribution in [-0.2, 0) is 9.47 Å². The Morgan fingerprint density at radius 3 is 2.32 bits per heavy atom. The molecule has 0 aliphatic heterocycles. The molecule has 22 heavy (non-hydrogen) atoms. The largest absolute Gasteiger partial charge is 0.498 e. The Bertz CT molecular complexity index is 615. The summed E-state index contributed by atoms with van der Waals surface area (Å²) in [5, 5.41) is 0. The number of carbonyl (C=O) groups excluding carboxylic acids is 1. The number of carbonyl (C=O) groups is 1. The van der Waals surface area contributed by atoms with Crippen LogP contribution in [-0.4, -0.2) is 40.3 Å². The van der Waals surface area contributed by atoms with E-state index in [1.807, 2.05) is 0 Å². The Morgan fingerprint density at radius 1 is 1.00 bits per heavy atom. The average Bonchev–Trinajstić information content (AvgIpc) is 2.59. The van der Waals surface area contributed by atoms with E-state index in [1.54, 1.807) is 58.8 Å². The Hall–Kier alpha value is -2.27. The minimum absolute atomic E-state index is 0.0607. The van der Waals surface area contributed by atoms with Gasteiger partial charge in [-0.2, -0.15) is 0 Å². The van der Waals surface area contributed by atoms with Gasteiger partial charge in [0.25, 0.3) is 0 Å². The lowest BCUT2D eigenvalue weighted by atomic mass is 9.93. The van der Waals surface area contributed by atoms with Gasteiger partial charge in [-0.25, -0.2) is 0 Å². The summed E-state index contributed by atoms with van der Waals surface area (Å²) in [6.45, 7) is 0. The lowest BCUT2D eigenvalue weighted by Gasteiger charge is -2.22. The third kappa shape index (κ3) is 3.14. The van der Waals surface area contributed by atoms with Crippen LogP contribution in [0, 0.1) is 0 Å². The second-order valence-corrected chi connectivity index (χ2v) is 4.79. The fourth-order valence-electron chi connectivity index (χ4n) is 2.39. The fraction of sp³-hybridized carbons (Fsp3) is 0.353. The van der Waals surface area contributed by atoms with Crippen LogP contribution in [0.5, 0.6) is 11.5 Å². The average molecular weight is 304 g/mol. The number of methoxy groups -OCH3 is 4. The predicted octanol–water partition coefficient (Wildman–Crippen LogP) is 2.76. The molecule has 2 rings (SSSR count). The van der Waals surface area contributed by atoms with Crippen molar-refractivity contribution in [2.45, 2.75) is 12.5 Å². The molecule has 5 heteroatoms. The molecule has 1 aromatic carbocycles. The van der Waals surface area contributed by atoms with Crippen molar-refractivity contribution in [2.24, 2.45) is 0 Å². The molecule has 0 fully saturated rings. The van der Waals surface area contributed by atoms with Crippen LogP contribution in [0.4, 0.5) is 0 Å². The topological polar surface area (TPSA) is 54.0 Å². The van der Waals surface area contributed by atoms with Crippen molar-refractivity contribution in [1.82, 2.24) is 0 Å². The number of hydrogen-bond donors (Lipinski definition) is 0. The maximum Gasteiger partial charge on any atom is 0.189 e. The summed E-state index contributed by atoms with van der Waals surface area (Å²) in [6.07, 6.45) is 3.77. The molecule has 1 atom stereocenters. The molecule has 118 valence electrons. The summed E-state index contributed by atoms with van der Waals surface area (Å²) in [5.74, 6) is 1.77. The summed E-state index contributed by atoms with van der Waals surface area (Å²) in [5.41, 5.74) is 1.22. The third-order valence-electron chi connectivity index (χ3n) is 3.63. The molecule has 0 radical (unpaired) electrons. The summed E-state index contributed by atoms with van der Waals surface area (Å²) in [6, 6.07) is 5.13. The number of ketones is 1. The molecule has 0 saturated carbocycles. The van der Waals surface area contributed by atoms with Gasteiger partial charge in [-0.1, -0.05) is 6.08 Å². The smallest absolute Gasteiger partial charge is 0.189 e. The van der Waals surface area contributed by atoms with Gasteiger partial charge in [0.2, 0.25) is 0 Å². The number of ether oxygens (including phenoxy) is 4. The zero-order valence-corrected chi connectivity index (χ0v) is 13.2. The standard InChI is InChI=1S/C17H20O5/c1-19-13-7-5-11(9-15(13)21-3)17(18)12-6-8-14(20-2)16(10-12)22-4/h5-9,16H,10H2,1-4H3. The van der Waals surface area contributed by atoms with E-state index >= 15 is 0 Å². The molecule has 0 saturated heterocycles. The van der Waals surface area contributed by atoms with Gasteiger partial charge in [-0.3, -0.25) is 4.79 Å². The van der Waals surface area contributed by atoms with Crippen molar-refractivity contribution < 1.29 is 23.7 Å². The molecule has 1 aliphatic carbocycles. The highest BCUT2D eigenvalue weighted by atomic mass is 16.5. The summed E-state index contributed by atoms with van der Waals surface area (Å²) in [4.78, 5) is 12.6. The zero-order valence-electron chi connectivity index (χ0n) is 13.2. The first-order valence-electron chi connectivity index (χ1n) is 6.88. The molecule has 0 N–H and O–H groups in total. The second kappa shape index (κ2) is 7.13. The molecule has 0 aromatic heterocycles. The SMILES string of the molecule is COC1=CC=C(C(=O)c2ccc(OC)c(OC)c2)CC1OC. The van der Waals surface area contributed by atoms with E-state index in [0.29, 0.717) is 34.8 Å². The van der Waals surface area contributed by atoms with Gasteiger partial charge < -0.3 is 18.9 Å². The van der Waals surface area contributed by atoms with Crippen LogP contribution in [0.3, 0.4) is 0 Å². The molecular weight excluding hydrogens is 284 g/mol. The Balaban J connectivity index is 2.29. The first-order valence-corrected chi connectivity index (χ1v) is 6.88. The van der Waals surface area contributed by atoms with Gasteiger partial charge in [0.15, 0.2) is 17.3 Å². The van der Waals surface area contributed by atoms with Gasteiger partial charge >= 0.3 is 0 Å². The monoisotopic (exact) mass is 304 g/mol. The number of Topliss-reactive ketones (excluding diaryl/α,β-unsaturated/α-hetero) is 1. The van der Waals surface area contributed by atoms with Crippen LogP contribution < -0.4 is 9.47 Å². The number of hydrogen-bond acceptors (Lipinski definition) is 5. The van der Waals surface area contributed by atoms with Crippen molar-refractivity contribution in [3.8, 4) is 11.5 Å². The predicted molar refractivity (Wildman–Crippen MR) is 82.5 cm³/mol. The van der Waals surface area contributed by atoms with Crippen LogP contribution >= 0.6 is 0 Å². The molecule has 0 spiro atoms. The number of benzene rings is 1. The van der Waals surface area contributed by atoms with Gasteiger partial charge in [-0.15, -0.1) is 0 Å². The highest BCUT2D eigenvalue weighted by Gasteiger charge is 2.24. The van der Waals surface area contributed by atoms with Crippen molar-refractivity contribution in [3.05, 3.63) is 47.2 Å². The maximum atomic E-state index is 12.6. The quantitative estimate of drug-likeness (QED) is 0.756. The minimum atomic E-state index is -0.242. The molecule has 1 aliphatic rings. The highest BCUT2D eigenvalue weighted by Crippen LogP contribution is 2.30. The Kier molecular flexibility index (Phi) is 5.22. The van der Waals surface area contributed by atoms with E-state index < -0.39 is 0 Å². The molecular formula is C17H20O5. The van der Waals surface area contributed by atoms with Gasteiger partial charge in [0.05, 0.1) is 21.3 Å². The van der Waals surface area contributed by atoms with Gasteiger partial charge in [-0.05, 0) is 24.3 Å². The first kappa shape index (κ1) is 16.1. The Labute approximate surface area is 130 Å². The van der Waals surface area contributed by atoms with Crippen LogP contribution in [0.2, 0.25) is 0 Å². The van der Waals surface area contributed by atoms with Crippen LogP contribution in [0.1, 0.15) is 16.8 Å². The van der Waals surface area contributed by atoms with E-state index in [9.17, 15) is 4.79 Å². The van der Waals surface area contributed by atoms with E-state index in [0.717, 1.165) is 0 Å².